The number of hydrogen-bond donors (Lipinski definition) is 0. The molecule has 0 bridgehead atoms. The third kappa shape index (κ3) is 4.96. The zero-order valence-electron chi connectivity index (χ0n) is 4.79. The van der Waals surface area contributed by atoms with Crippen molar-refractivity contribution in [1.82, 2.24) is 0 Å². The van der Waals surface area contributed by atoms with Gasteiger partial charge in [0.15, 0.2) is 6.40 Å². The van der Waals surface area contributed by atoms with Crippen molar-refractivity contribution < 1.29 is 4.74 Å². The Morgan fingerprint density at radius 2 is 2.62 bits per heavy atom. The second-order valence-electron chi connectivity index (χ2n) is 1.16. The SMILES string of the molecule is COC=NCCC#N. The lowest BCUT2D eigenvalue weighted by Gasteiger charge is -1.82. The number of rotatable bonds is 3. The van der Waals surface area contributed by atoms with Crippen LogP contribution in [-0.2, 0) is 4.74 Å². The summed E-state index contributed by atoms with van der Waals surface area (Å²) < 4.78 is 4.49. The van der Waals surface area contributed by atoms with Crippen molar-refractivity contribution in [3.63, 3.8) is 0 Å². The average molecular weight is 112 g/mol. The molecule has 0 rings (SSSR count). The van der Waals surface area contributed by atoms with E-state index in [-0.39, 0.29) is 0 Å². The first kappa shape index (κ1) is 6.96. The van der Waals surface area contributed by atoms with Gasteiger partial charge in [0, 0.05) is 0 Å². The number of methoxy groups -OCH3 is 1. The van der Waals surface area contributed by atoms with E-state index >= 15 is 0 Å². The van der Waals surface area contributed by atoms with E-state index in [2.05, 4.69) is 9.73 Å². The number of hydrogen-bond acceptors (Lipinski definition) is 3. The summed E-state index contributed by atoms with van der Waals surface area (Å²) >= 11 is 0. The Morgan fingerprint density at radius 1 is 1.88 bits per heavy atom. The van der Waals surface area contributed by atoms with Crippen LogP contribution in [0.2, 0.25) is 0 Å². The second kappa shape index (κ2) is 5.96. The van der Waals surface area contributed by atoms with Crippen molar-refractivity contribution in [2.45, 2.75) is 6.42 Å². The Morgan fingerprint density at radius 3 is 3.12 bits per heavy atom. The van der Waals surface area contributed by atoms with Crippen LogP contribution in [0.15, 0.2) is 4.99 Å². The van der Waals surface area contributed by atoms with Gasteiger partial charge < -0.3 is 4.74 Å². The highest BCUT2D eigenvalue weighted by Gasteiger charge is 1.74. The molecule has 0 spiro atoms. The summed E-state index contributed by atoms with van der Waals surface area (Å²) in [6.45, 7) is 0.532. The molecule has 0 fully saturated rings. The van der Waals surface area contributed by atoms with Crippen LogP contribution in [0.4, 0.5) is 0 Å². The third-order valence-electron chi connectivity index (χ3n) is 0.533. The van der Waals surface area contributed by atoms with E-state index in [1.54, 1.807) is 0 Å². The van der Waals surface area contributed by atoms with Gasteiger partial charge in [-0.3, -0.25) is 4.99 Å². The van der Waals surface area contributed by atoms with Gasteiger partial charge in [0.25, 0.3) is 0 Å². The van der Waals surface area contributed by atoms with Crippen LogP contribution < -0.4 is 0 Å². The van der Waals surface area contributed by atoms with Crippen molar-refractivity contribution in [1.29, 1.82) is 5.26 Å². The zero-order valence-corrected chi connectivity index (χ0v) is 4.79. The zero-order chi connectivity index (χ0) is 6.24. The average Bonchev–Trinajstić information content (AvgIpc) is 1.81. The van der Waals surface area contributed by atoms with Gasteiger partial charge in [-0.25, -0.2) is 0 Å². The molecule has 0 atom stereocenters. The van der Waals surface area contributed by atoms with Gasteiger partial charge in [0.05, 0.1) is 26.1 Å². The summed E-state index contributed by atoms with van der Waals surface area (Å²) in [5, 5.41) is 8.00. The predicted molar refractivity (Wildman–Crippen MR) is 30.6 cm³/mol. The molecule has 0 aliphatic rings. The lowest BCUT2D eigenvalue weighted by atomic mass is 10.5. The number of nitrogens with zero attached hydrogens (tertiary/aromatic N) is 2. The van der Waals surface area contributed by atoms with Gasteiger partial charge in [-0.15, -0.1) is 0 Å². The first-order valence-corrected chi connectivity index (χ1v) is 2.30. The molecule has 0 radical (unpaired) electrons. The lowest BCUT2D eigenvalue weighted by Crippen LogP contribution is -1.80. The molecule has 0 aromatic rings. The minimum absolute atomic E-state index is 0.458. The summed E-state index contributed by atoms with van der Waals surface area (Å²) in [6.07, 6.45) is 1.79. The van der Waals surface area contributed by atoms with Gasteiger partial charge in [-0.05, 0) is 0 Å². The molecule has 0 saturated heterocycles. The van der Waals surface area contributed by atoms with E-state index in [0.717, 1.165) is 0 Å². The first-order chi connectivity index (χ1) is 3.91. The maximum atomic E-state index is 8.00. The minimum atomic E-state index is 0.458. The van der Waals surface area contributed by atoms with Crippen LogP contribution >= 0.6 is 0 Å². The van der Waals surface area contributed by atoms with Gasteiger partial charge in [-0.1, -0.05) is 0 Å². The Hall–Kier alpha value is -1.04. The van der Waals surface area contributed by atoms with Gasteiger partial charge in [0.1, 0.15) is 0 Å². The van der Waals surface area contributed by atoms with Crippen LogP contribution in [0.5, 0.6) is 0 Å². The fourth-order valence-electron chi connectivity index (χ4n) is 0.242. The number of aliphatic imine (C=N–C) groups is 1. The highest BCUT2D eigenvalue weighted by atomic mass is 16.5. The fraction of sp³-hybridized carbons (Fsp3) is 0.600. The Labute approximate surface area is 48.6 Å². The standard InChI is InChI=1S/C5H8N2O/c1-8-5-7-4-2-3-6/h5H,2,4H2,1H3. The summed E-state index contributed by atoms with van der Waals surface area (Å²) in [5.41, 5.74) is 0. The number of ether oxygens (including phenoxy) is 1. The molecule has 0 amide bonds. The lowest BCUT2D eigenvalue weighted by molar-refractivity contribution is 0.421. The van der Waals surface area contributed by atoms with Crippen LogP contribution in [0, 0.1) is 11.3 Å². The van der Waals surface area contributed by atoms with Gasteiger partial charge >= 0.3 is 0 Å². The van der Waals surface area contributed by atoms with Crippen LogP contribution in [-0.4, -0.2) is 20.1 Å². The minimum Gasteiger partial charge on any atom is -0.487 e. The molecular formula is C5H8N2O. The van der Waals surface area contributed by atoms with E-state index in [9.17, 15) is 0 Å². The highest BCUT2D eigenvalue weighted by Crippen LogP contribution is 1.74. The van der Waals surface area contributed by atoms with E-state index in [1.807, 2.05) is 6.07 Å². The van der Waals surface area contributed by atoms with Crippen molar-refractivity contribution in [3.05, 3.63) is 0 Å². The van der Waals surface area contributed by atoms with Gasteiger partial charge in [-0.2, -0.15) is 5.26 Å². The second-order valence-corrected chi connectivity index (χ2v) is 1.16. The van der Waals surface area contributed by atoms with Gasteiger partial charge in [0.2, 0.25) is 0 Å². The Balaban J connectivity index is 2.94. The summed E-state index contributed by atoms with van der Waals surface area (Å²) in [7, 11) is 1.52. The van der Waals surface area contributed by atoms with Crippen LogP contribution in [0.1, 0.15) is 6.42 Å². The molecule has 0 saturated carbocycles. The van der Waals surface area contributed by atoms with Crippen molar-refractivity contribution in [2.24, 2.45) is 4.99 Å². The van der Waals surface area contributed by atoms with Crippen LogP contribution in [0.25, 0.3) is 0 Å². The van der Waals surface area contributed by atoms with E-state index in [4.69, 9.17) is 5.26 Å². The summed E-state index contributed by atoms with van der Waals surface area (Å²) in [5.74, 6) is 0. The van der Waals surface area contributed by atoms with E-state index in [0.29, 0.717) is 13.0 Å². The molecular weight excluding hydrogens is 104 g/mol. The third-order valence-corrected chi connectivity index (χ3v) is 0.533. The van der Waals surface area contributed by atoms with E-state index < -0.39 is 0 Å². The molecule has 0 N–H and O–H groups in total. The van der Waals surface area contributed by atoms with Crippen molar-refractivity contribution >= 4 is 6.40 Å². The quantitative estimate of drug-likeness (QED) is 0.304. The number of nitriles is 1. The first-order valence-electron chi connectivity index (χ1n) is 2.30. The smallest absolute Gasteiger partial charge is 0.168 e. The maximum absolute atomic E-state index is 8.00. The molecule has 0 unspecified atom stereocenters. The maximum Gasteiger partial charge on any atom is 0.168 e. The molecule has 0 heterocycles. The summed E-state index contributed by atoms with van der Waals surface area (Å²) in [6, 6.07) is 1.96. The normalized spacial score (nSPS) is 9.00. The topological polar surface area (TPSA) is 45.4 Å². The fourth-order valence-corrected chi connectivity index (χ4v) is 0.242. The molecule has 3 heteroatoms. The van der Waals surface area contributed by atoms with Crippen molar-refractivity contribution in [3.8, 4) is 6.07 Å². The van der Waals surface area contributed by atoms with Crippen molar-refractivity contribution in [2.75, 3.05) is 13.7 Å². The molecule has 0 aromatic carbocycles. The Bertz CT molecular complexity index is 103. The summed E-state index contributed by atoms with van der Waals surface area (Å²) in [4.78, 5) is 3.71. The predicted octanol–water partition coefficient (Wildman–Crippen LogP) is 0.575. The monoisotopic (exact) mass is 112 g/mol. The molecule has 44 valence electrons. The Kier molecular flexibility index (Phi) is 5.19. The molecule has 0 aliphatic heterocycles. The molecule has 8 heavy (non-hydrogen) atoms. The molecule has 3 nitrogen and oxygen atoms in total. The molecule has 0 aromatic heterocycles. The highest BCUT2D eigenvalue weighted by molar-refractivity contribution is 5.45. The van der Waals surface area contributed by atoms with Crippen LogP contribution in [0.3, 0.4) is 0 Å². The largest absolute Gasteiger partial charge is 0.487 e. The van der Waals surface area contributed by atoms with E-state index in [1.165, 1.54) is 13.5 Å². The molecule has 0 aliphatic carbocycles.